The standard InChI is InChI=1S/C22H18FN3O2/c1-15-11-16(13-25(15)18-8-3-2-4-9-18)12-20-21(27)26(22(28)24-20)14-17-7-5-6-10-19(17)23/h2-13H,14H2,1H3,(H,24,28)/b20-12+. The molecule has 140 valence electrons. The van der Waals surface area contributed by atoms with Gasteiger partial charge in [0.05, 0.1) is 6.54 Å². The number of carbonyl (C=O) groups excluding carboxylic acids is 2. The zero-order valence-corrected chi connectivity index (χ0v) is 15.2. The number of aryl methyl sites for hydroxylation is 1. The lowest BCUT2D eigenvalue weighted by molar-refractivity contribution is -0.123. The molecule has 0 aliphatic carbocycles. The Balaban J connectivity index is 1.59. The zero-order valence-electron chi connectivity index (χ0n) is 15.2. The van der Waals surface area contributed by atoms with E-state index in [1.165, 1.54) is 6.07 Å². The van der Waals surface area contributed by atoms with Crippen molar-refractivity contribution in [2.45, 2.75) is 13.5 Å². The van der Waals surface area contributed by atoms with E-state index >= 15 is 0 Å². The van der Waals surface area contributed by atoms with Crippen LogP contribution in [0.2, 0.25) is 0 Å². The molecule has 1 aliphatic heterocycles. The van der Waals surface area contributed by atoms with Crippen molar-refractivity contribution in [2.24, 2.45) is 0 Å². The van der Waals surface area contributed by atoms with E-state index in [1.54, 1.807) is 24.3 Å². The summed E-state index contributed by atoms with van der Waals surface area (Å²) in [4.78, 5) is 25.9. The first-order valence-corrected chi connectivity index (χ1v) is 8.85. The monoisotopic (exact) mass is 375 g/mol. The molecule has 1 fully saturated rings. The number of halogens is 1. The molecule has 2 heterocycles. The van der Waals surface area contributed by atoms with Crippen LogP contribution in [0.3, 0.4) is 0 Å². The number of hydrogen-bond acceptors (Lipinski definition) is 2. The number of nitrogens with one attached hydrogen (secondary N) is 1. The van der Waals surface area contributed by atoms with Crippen molar-refractivity contribution in [3.63, 3.8) is 0 Å². The van der Waals surface area contributed by atoms with Gasteiger partial charge in [0.2, 0.25) is 0 Å². The minimum Gasteiger partial charge on any atom is -0.321 e. The number of aromatic nitrogens is 1. The van der Waals surface area contributed by atoms with Gasteiger partial charge in [0.15, 0.2) is 0 Å². The molecule has 0 radical (unpaired) electrons. The molecule has 28 heavy (non-hydrogen) atoms. The fraction of sp³-hybridized carbons (Fsp3) is 0.0909. The third-order valence-corrected chi connectivity index (χ3v) is 4.63. The Morgan fingerprint density at radius 2 is 1.75 bits per heavy atom. The Kier molecular flexibility index (Phi) is 4.53. The molecule has 0 atom stereocenters. The van der Waals surface area contributed by atoms with Crippen LogP contribution >= 0.6 is 0 Å². The van der Waals surface area contributed by atoms with Crippen LogP contribution in [0.25, 0.3) is 11.8 Å². The summed E-state index contributed by atoms with van der Waals surface area (Å²) in [6, 6.07) is 17.3. The molecular formula is C22H18FN3O2. The maximum atomic E-state index is 13.9. The summed E-state index contributed by atoms with van der Waals surface area (Å²) >= 11 is 0. The predicted octanol–water partition coefficient (Wildman–Crippen LogP) is 4.02. The van der Waals surface area contributed by atoms with Crippen LogP contribution in [0.1, 0.15) is 16.8 Å². The Morgan fingerprint density at radius 1 is 1.04 bits per heavy atom. The van der Waals surface area contributed by atoms with Gasteiger partial charge in [0.1, 0.15) is 11.5 Å². The fourth-order valence-electron chi connectivity index (χ4n) is 3.22. The SMILES string of the molecule is Cc1cc(/C=C2/NC(=O)N(Cc3ccccc3F)C2=O)cn1-c1ccccc1. The van der Waals surface area contributed by atoms with Gasteiger partial charge in [0.25, 0.3) is 5.91 Å². The second-order valence-electron chi connectivity index (χ2n) is 6.59. The highest BCUT2D eigenvalue weighted by molar-refractivity contribution is 6.13. The molecule has 0 unspecified atom stereocenters. The van der Waals surface area contributed by atoms with Crippen molar-refractivity contribution in [1.82, 2.24) is 14.8 Å². The van der Waals surface area contributed by atoms with Gasteiger partial charge < -0.3 is 9.88 Å². The fourth-order valence-corrected chi connectivity index (χ4v) is 3.22. The molecule has 1 aliphatic rings. The molecule has 6 heteroatoms. The number of urea groups is 1. The number of benzene rings is 2. The molecule has 1 saturated heterocycles. The van der Waals surface area contributed by atoms with E-state index < -0.39 is 17.8 Å². The number of nitrogens with zero attached hydrogens (tertiary/aromatic N) is 2. The minimum atomic E-state index is -0.557. The van der Waals surface area contributed by atoms with Crippen molar-refractivity contribution < 1.29 is 14.0 Å². The van der Waals surface area contributed by atoms with Crippen molar-refractivity contribution >= 4 is 18.0 Å². The first-order valence-electron chi connectivity index (χ1n) is 8.85. The number of hydrogen-bond donors (Lipinski definition) is 1. The van der Waals surface area contributed by atoms with E-state index in [4.69, 9.17) is 0 Å². The average Bonchev–Trinajstić information content (AvgIpc) is 3.18. The largest absolute Gasteiger partial charge is 0.329 e. The number of rotatable bonds is 4. The quantitative estimate of drug-likeness (QED) is 0.553. The lowest BCUT2D eigenvalue weighted by Gasteiger charge is -2.12. The van der Waals surface area contributed by atoms with E-state index in [0.717, 1.165) is 21.8 Å². The molecule has 3 amide bonds. The first-order chi connectivity index (χ1) is 13.5. The van der Waals surface area contributed by atoms with E-state index in [0.29, 0.717) is 5.56 Å². The van der Waals surface area contributed by atoms with Gasteiger partial charge in [-0.3, -0.25) is 9.69 Å². The molecule has 1 N–H and O–H groups in total. The smallest absolute Gasteiger partial charge is 0.321 e. The summed E-state index contributed by atoms with van der Waals surface area (Å²) in [6.45, 7) is 1.85. The Bertz CT molecular complexity index is 1090. The Morgan fingerprint density at radius 3 is 2.50 bits per heavy atom. The maximum absolute atomic E-state index is 13.9. The van der Waals surface area contributed by atoms with Gasteiger partial charge in [-0.05, 0) is 42.8 Å². The Hall–Kier alpha value is -3.67. The summed E-state index contributed by atoms with van der Waals surface area (Å²) in [7, 11) is 0. The van der Waals surface area contributed by atoms with Crippen LogP contribution in [0.15, 0.2) is 72.6 Å². The highest BCUT2D eigenvalue weighted by Gasteiger charge is 2.34. The third kappa shape index (κ3) is 3.32. The molecule has 3 aromatic rings. The van der Waals surface area contributed by atoms with Gasteiger partial charge in [-0.1, -0.05) is 36.4 Å². The Labute approximate surface area is 161 Å². The van der Waals surface area contributed by atoms with Crippen molar-refractivity contribution in [2.75, 3.05) is 0 Å². The van der Waals surface area contributed by atoms with Crippen LogP contribution in [0.5, 0.6) is 0 Å². The highest BCUT2D eigenvalue weighted by Crippen LogP contribution is 2.21. The normalized spacial score (nSPS) is 15.4. The molecule has 0 bridgehead atoms. The average molecular weight is 375 g/mol. The van der Waals surface area contributed by atoms with Gasteiger partial charge in [-0.2, -0.15) is 0 Å². The molecule has 5 nitrogen and oxygen atoms in total. The summed E-state index contributed by atoms with van der Waals surface area (Å²) in [5.74, 6) is -0.922. The first kappa shape index (κ1) is 17.7. The molecule has 0 saturated carbocycles. The van der Waals surface area contributed by atoms with Crippen LogP contribution in [-0.4, -0.2) is 21.4 Å². The summed E-state index contributed by atoms with van der Waals surface area (Å²) < 4.78 is 15.9. The van der Waals surface area contributed by atoms with Crippen LogP contribution in [0.4, 0.5) is 9.18 Å². The van der Waals surface area contributed by atoms with Crippen molar-refractivity contribution in [3.05, 3.63) is 95.2 Å². The number of para-hydroxylation sites is 1. The zero-order chi connectivity index (χ0) is 19.7. The van der Waals surface area contributed by atoms with E-state index in [2.05, 4.69) is 5.32 Å². The molecular weight excluding hydrogens is 357 g/mol. The lowest BCUT2D eigenvalue weighted by atomic mass is 10.2. The number of amides is 3. The summed E-state index contributed by atoms with van der Waals surface area (Å²) in [5.41, 5.74) is 3.26. The predicted molar refractivity (Wildman–Crippen MR) is 104 cm³/mol. The van der Waals surface area contributed by atoms with E-state index in [9.17, 15) is 14.0 Å². The number of carbonyl (C=O) groups is 2. The second kappa shape index (κ2) is 7.15. The van der Waals surface area contributed by atoms with Gasteiger partial charge >= 0.3 is 6.03 Å². The molecule has 0 spiro atoms. The molecule has 2 aromatic carbocycles. The van der Waals surface area contributed by atoms with Crippen LogP contribution < -0.4 is 5.32 Å². The van der Waals surface area contributed by atoms with Gasteiger partial charge in [-0.25, -0.2) is 9.18 Å². The lowest BCUT2D eigenvalue weighted by Crippen LogP contribution is -2.30. The topological polar surface area (TPSA) is 54.3 Å². The molecule has 4 rings (SSSR count). The van der Waals surface area contributed by atoms with Crippen molar-refractivity contribution in [1.29, 1.82) is 0 Å². The van der Waals surface area contributed by atoms with Crippen LogP contribution in [-0.2, 0) is 11.3 Å². The minimum absolute atomic E-state index is 0.112. The molecule has 1 aromatic heterocycles. The van der Waals surface area contributed by atoms with Gasteiger partial charge in [-0.15, -0.1) is 0 Å². The van der Waals surface area contributed by atoms with Crippen LogP contribution in [0, 0.1) is 12.7 Å². The number of imide groups is 1. The second-order valence-corrected chi connectivity index (χ2v) is 6.59. The maximum Gasteiger partial charge on any atom is 0.329 e. The summed E-state index contributed by atoms with van der Waals surface area (Å²) in [6.07, 6.45) is 3.53. The van der Waals surface area contributed by atoms with E-state index in [1.807, 2.05) is 54.1 Å². The highest BCUT2D eigenvalue weighted by atomic mass is 19.1. The van der Waals surface area contributed by atoms with E-state index in [-0.39, 0.29) is 12.2 Å². The van der Waals surface area contributed by atoms with Gasteiger partial charge in [0, 0.05) is 23.1 Å². The summed E-state index contributed by atoms with van der Waals surface area (Å²) in [5, 5.41) is 2.58. The van der Waals surface area contributed by atoms with Crippen molar-refractivity contribution in [3.8, 4) is 5.69 Å². The third-order valence-electron chi connectivity index (χ3n) is 4.63.